The summed E-state index contributed by atoms with van der Waals surface area (Å²) in [4.78, 5) is 24.6. The number of hydrogen-bond donors (Lipinski definition) is 0. The van der Waals surface area contributed by atoms with Crippen molar-refractivity contribution >= 4 is 11.7 Å². The van der Waals surface area contributed by atoms with Gasteiger partial charge < -0.3 is 19.3 Å². The molecule has 3 fully saturated rings. The minimum atomic E-state index is -0.0411. The lowest BCUT2D eigenvalue weighted by molar-refractivity contribution is -0.139. The van der Waals surface area contributed by atoms with Gasteiger partial charge >= 0.3 is 0 Å². The minimum Gasteiger partial charge on any atom is -0.481 e. The average molecular weight is 346 g/mol. The fourth-order valence-corrected chi connectivity index (χ4v) is 4.10. The Morgan fingerprint density at radius 3 is 2.96 bits per heavy atom. The molecule has 3 aliphatic heterocycles. The molecule has 1 aromatic rings. The van der Waals surface area contributed by atoms with Crippen molar-refractivity contribution in [2.75, 3.05) is 44.8 Å². The van der Waals surface area contributed by atoms with Crippen LogP contribution in [0.25, 0.3) is 0 Å². The molecule has 0 aliphatic carbocycles. The van der Waals surface area contributed by atoms with E-state index in [1.54, 1.807) is 7.11 Å². The molecule has 1 spiro atoms. The van der Waals surface area contributed by atoms with Gasteiger partial charge in [0, 0.05) is 31.5 Å². The molecular formula is C18H26N4O3. The number of aromatic nitrogens is 2. The van der Waals surface area contributed by atoms with Gasteiger partial charge in [0.05, 0.1) is 26.8 Å². The molecule has 1 unspecified atom stereocenters. The zero-order valence-corrected chi connectivity index (χ0v) is 14.8. The SMILES string of the molecule is COc1cc(N2CC3(CCC(CN4CCCCC4=O)CO3)C2)ncn1. The van der Waals surface area contributed by atoms with E-state index in [2.05, 4.69) is 14.9 Å². The maximum absolute atomic E-state index is 12.0. The van der Waals surface area contributed by atoms with Crippen LogP contribution in [0.4, 0.5) is 5.82 Å². The zero-order valence-electron chi connectivity index (χ0n) is 14.8. The van der Waals surface area contributed by atoms with Crippen molar-refractivity contribution in [3.8, 4) is 5.88 Å². The molecule has 1 aromatic heterocycles. The molecule has 0 N–H and O–H groups in total. The summed E-state index contributed by atoms with van der Waals surface area (Å²) in [5.41, 5.74) is -0.0411. The van der Waals surface area contributed by atoms with E-state index < -0.39 is 0 Å². The molecule has 0 aromatic carbocycles. The van der Waals surface area contributed by atoms with Gasteiger partial charge in [0.1, 0.15) is 17.7 Å². The minimum absolute atomic E-state index is 0.0411. The molecule has 0 radical (unpaired) electrons. The number of nitrogens with zero attached hydrogens (tertiary/aromatic N) is 4. The van der Waals surface area contributed by atoms with Crippen LogP contribution in [0.1, 0.15) is 32.1 Å². The van der Waals surface area contributed by atoms with Crippen LogP contribution >= 0.6 is 0 Å². The molecule has 0 saturated carbocycles. The molecule has 25 heavy (non-hydrogen) atoms. The van der Waals surface area contributed by atoms with Crippen molar-refractivity contribution in [1.82, 2.24) is 14.9 Å². The Kier molecular flexibility index (Phi) is 4.50. The third kappa shape index (κ3) is 3.42. The summed E-state index contributed by atoms with van der Waals surface area (Å²) in [7, 11) is 1.61. The number of ether oxygens (including phenoxy) is 2. The molecule has 1 amide bonds. The molecule has 4 rings (SSSR count). The van der Waals surface area contributed by atoms with E-state index in [1.807, 2.05) is 11.0 Å². The first-order valence-corrected chi connectivity index (χ1v) is 9.20. The van der Waals surface area contributed by atoms with Gasteiger partial charge in [0.25, 0.3) is 0 Å². The number of piperidine rings is 1. The number of rotatable bonds is 4. The molecule has 1 atom stereocenters. The van der Waals surface area contributed by atoms with Crippen LogP contribution in [0, 0.1) is 5.92 Å². The summed E-state index contributed by atoms with van der Waals surface area (Å²) in [5.74, 6) is 2.27. The first-order valence-electron chi connectivity index (χ1n) is 9.20. The molecule has 7 heteroatoms. The highest BCUT2D eigenvalue weighted by Gasteiger charge is 2.47. The van der Waals surface area contributed by atoms with E-state index in [9.17, 15) is 4.79 Å². The highest BCUT2D eigenvalue weighted by atomic mass is 16.5. The van der Waals surface area contributed by atoms with Gasteiger partial charge in [0.2, 0.25) is 11.8 Å². The number of carbonyl (C=O) groups is 1. The van der Waals surface area contributed by atoms with E-state index in [0.717, 1.165) is 70.7 Å². The van der Waals surface area contributed by atoms with Crippen molar-refractivity contribution < 1.29 is 14.3 Å². The summed E-state index contributed by atoms with van der Waals surface area (Å²) in [6.07, 6.45) is 6.62. The summed E-state index contributed by atoms with van der Waals surface area (Å²) < 4.78 is 11.4. The van der Waals surface area contributed by atoms with Crippen LogP contribution < -0.4 is 9.64 Å². The molecule has 136 valence electrons. The van der Waals surface area contributed by atoms with Crippen molar-refractivity contribution in [3.63, 3.8) is 0 Å². The second-order valence-corrected chi connectivity index (χ2v) is 7.47. The second kappa shape index (κ2) is 6.78. The van der Waals surface area contributed by atoms with Crippen LogP contribution in [0.5, 0.6) is 5.88 Å². The van der Waals surface area contributed by atoms with Gasteiger partial charge in [-0.3, -0.25) is 4.79 Å². The van der Waals surface area contributed by atoms with E-state index in [4.69, 9.17) is 9.47 Å². The van der Waals surface area contributed by atoms with Gasteiger partial charge in [-0.25, -0.2) is 9.97 Å². The zero-order chi connectivity index (χ0) is 17.3. The summed E-state index contributed by atoms with van der Waals surface area (Å²) >= 11 is 0. The van der Waals surface area contributed by atoms with Crippen molar-refractivity contribution in [2.24, 2.45) is 5.92 Å². The van der Waals surface area contributed by atoms with Crippen LogP contribution in [-0.2, 0) is 9.53 Å². The lowest BCUT2D eigenvalue weighted by atomic mass is 9.82. The summed E-state index contributed by atoms with van der Waals surface area (Å²) in [5, 5.41) is 0. The van der Waals surface area contributed by atoms with Crippen molar-refractivity contribution in [3.05, 3.63) is 12.4 Å². The van der Waals surface area contributed by atoms with E-state index >= 15 is 0 Å². The number of anilines is 1. The molecular weight excluding hydrogens is 320 g/mol. The molecule has 0 bridgehead atoms. The van der Waals surface area contributed by atoms with Gasteiger partial charge in [-0.2, -0.15) is 0 Å². The molecule has 3 saturated heterocycles. The number of likely N-dealkylation sites (tertiary alicyclic amines) is 1. The predicted octanol–water partition coefficient (Wildman–Crippen LogP) is 1.48. The third-order valence-corrected chi connectivity index (χ3v) is 5.65. The Bertz CT molecular complexity index is 623. The standard InChI is InChI=1S/C18H26N4O3/c1-24-16-8-15(19-13-20-16)22-11-18(12-22)6-5-14(10-25-18)9-21-7-3-2-4-17(21)23/h8,13-14H,2-7,9-12H2,1H3. The smallest absolute Gasteiger partial charge is 0.222 e. The lowest BCUT2D eigenvalue weighted by Gasteiger charge is -2.53. The fourth-order valence-electron chi connectivity index (χ4n) is 4.10. The highest BCUT2D eigenvalue weighted by Crippen LogP contribution is 2.38. The molecule has 7 nitrogen and oxygen atoms in total. The van der Waals surface area contributed by atoms with Gasteiger partial charge in [0.15, 0.2) is 0 Å². The summed E-state index contributed by atoms with van der Waals surface area (Å²) in [6, 6.07) is 1.86. The fraction of sp³-hybridized carbons (Fsp3) is 0.722. The van der Waals surface area contributed by atoms with Crippen molar-refractivity contribution in [1.29, 1.82) is 0 Å². The van der Waals surface area contributed by atoms with Crippen LogP contribution in [0.2, 0.25) is 0 Å². The van der Waals surface area contributed by atoms with Gasteiger partial charge in [-0.15, -0.1) is 0 Å². The highest BCUT2D eigenvalue weighted by molar-refractivity contribution is 5.76. The van der Waals surface area contributed by atoms with E-state index in [0.29, 0.717) is 17.7 Å². The Morgan fingerprint density at radius 2 is 2.24 bits per heavy atom. The maximum Gasteiger partial charge on any atom is 0.222 e. The monoisotopic (exact) mass is 346 g/mol. The first kappa shape index (κ1) is 16.6. The van der Waals surface area contributed by atoms with E-state index in [1.165, 1.54) is 6.33 Å². The van der Waals surface area contributed by atoms with Crippen LogP contribution in [0.3, 0.4) is 0 Å². The lowest BCUT2D eigenvalue weighted by Crippen LogP contribution is -2.65. The molecule has 3 aliphatic rings. The normalized spacial score (nSPS) is 25.8. The third-order valence-electron chi connectivity index (χ3n) is 5.65. The average Bonchev–Trinajstić information content (AvgIpc) is 2.62. The van der Waals surface area contributed by atoms with Crippen molar-refractivity contribution in [2.45, 2.75) is 37.7 Å². The summed E-state index contributed by atoms with van der Waals surface area (Å²) in [6.45, 7) is 4.27. The number of hydrogen-bond acceptors (Lipinski definition) is 6. The molecule has 4 heterocycles. The van der Waals surface area contributed by atoms with Crippen LogP contribution in [-0.4, -0.2) is 66.3 Å². The van der Waals surface area contributed by atoms with Crippen LogP contribution in [0.15, 0.2) is 12.4 Å². The van der Waals surface area contributed by atoms with Gasteiger partial charge in [-0.1, -0.05) is 0 Å². The Morgan fingerprint density at radius 1 is 1.36 bits per heavy atom. The Balaban J connectivity index is 1.27. The topological polar surface area (TPSA) is 67.8 Å². The van der Waals surface area contributed by atoms with Gasteiger partial charge in [-0.05, 0) is 25.7 Å². The Hall–Kier alpha value is -1.89. The predicted molar refractivity (Wildman–Crippen MR) is 92.6 cm³/mol. The number of methoxy groups -OCH3 is 1. The Labute approximate surface area is 148 Å². The number of carbonyl (C=O) groups excluding carboxylic acids is 1. The maximum atomic E-state index is 12.0. The van der Waals surface area contributed by atoms with E-state index in [-0.39, 0.29) is 5.60 Å². The number of amides is 1. The quantitative estimate of drug-likeness (QED) is 0.823. The largest absolute Gasteiger partial charge is 0.481 e. The second-order valence-electron chi connectivity index (χ2n) is 7.47. The first-order chi connectivity index (χ1) is 12.2.